The zero-order valence-corrected chi connectivity index (χ0v) is 19.3. The summed E-state index contributed by atoms with van der Waals surface area (Å²) < 4.78 is 1.36. The van der Waals surface area contributed by atoms with E-state index < -0.39 is 11.9 Å². The summed E-state index contributed by atoms with van der Waals surface area (Å²) in [6.07, 6.45) is 8.35. The van der Waals surface area contributed by atoms with Gasteiger partial charge in [-0.3, -0.25) is 9.59 Å². The van der Waals surface area contributed by atoms with Crippen molar-refractivity contribution < 1.29 is 23.8 Å². The molecule has 1 aliphatic heterocycles. The summed E-state index contributed by atoms with van der Waals surface area (Å²) in [5.41, 5.74) is 2.16. The number of nitrogens with one attached hydrogen (secondary N) is 2. The molecule has 1 aliphatic carbocycles. The standard InChI is InChI=1S/C25H30N4O4/c1-17(2)26-22(30)13-6-7-14-28-24(32)20-11-4-5-12-21(20)29(25(28)33)16-23(31)27-19-10-8-9-18(3)15-19/h4-5,8-12,15,17,20H,6-7,13-14,16H2,1-3H3,(H-,26,27,30,31)/p+1. The van der Waals surface area contributed by atoms with Crippen LogP contribution in [0.1, 0.15) is 38.7 Å². The molecular formula is C25H31N4O4+. The molecule has 1 aromatic carbocycles. The number of urea groups is 1. The molecule has 0 saturated heterocycles. The summed E-state index contributed by atoms with van der Waals surface area (Å²) in [7, 11) is 0. The van der Waals surface area contributed by atoms with E-state index in [4.69, 9.17) is 0 Å². The van der Waals surface area contributed by atoms with Gasteiger partial charge in [-0.1, -0.05) is 30.4 Å². The van der Waals surface area contributed by atoms with E-state index in [9.17, 15) is 19.2 Å². The lowest BCUT2D eigenvalue weighted by molar-refractivity contribution is -0.427. The number of hydrogen-bond acceptors (Lipinski definition) is 4. The fourth-order valence-electron chi connectivity index (χ4n) is 3.90. The molecule has 0 bridgehead atoms. The van der Waals surface area contributed by atoms with Gasteiger partial charge in [0.25, 0.3) is 5.91 Å². The van der Waals surface area contributed by atoms with Crippen LogP contribution in [0.4, 0.5) is 10.5 Å². The van der Waals surface area contributed by atoms with Crippen molar-refractivity contribution in [3.63, 3.8) is 0 Å². The van der Waals surface area contributed by atoms with Crippen LogP contribution in [0.2, 0.25) is 0 Å². The number of carbonyl (C=O) groups excluding carboxylic acids is 4. The molecule has 3 rings (SSSR count). The molecule has 0 fully saturated rings. The van der Waals surface area contributed by atoms with Crippen LogP contribution in [0.5, 0.6) is 0 Å². The third-order valence-electron chi connectivity index (χ3n) is 5.39. The Morgan fingerprint density at radius 1 is 1.12 bits per heavy atom. The SMILES string of the molecule is Cc1cccc(NC(=O)C[N+]2=C3C=CC=CC3C(=O)N(CCCCC(=O)NC(C)C)C2=O)c1. The molecule has 0 spiro atoms. The fourth-order valence-corrected chi connectivity index (χ4v) is 3.90. The molecule has 8 heteroatoms. The minimum atomic E-state index is -0.608. The molecule has 2 aliphatic rings. The lowest BCUT2D eigenvalue weighted by Crippen LogP contribution is -2.55. The number of allylic oxidation sites excluding steroid dienone is 3. The first-order valence-electron chi connectivity index (χ1n) is 11.3. The highest BCUT2D eigenvalue weighted by Crippen LogP contribution is 2.20. The summed E-state index contributed by atoms with van der Waals surface area (Å²) in [6, 6.07) is 6.96. The van der Waals surface area contributed by atoms with Gasteiger partial charge in [-0.25, -0.2) is 4.79 Å². The van der Waals surface area contributed by atoms with E-state index in [2.05, 4.69) is 10.6 Å². The van der Waals surface area contributed by atoms with Crippen LogP contribution in [0, 0.1) is 12.8 Å². The average molecular weight is 452 g/mol. The number of nitrogens with zero attached hydrogens (tertiary/aromatic N) is 2. The van der Waals surface area contributed by atoms with Gasteiger partial charge in [0.1, 0.15) is 11.6 Å². The molecule has 1 atom stereocenters. The molecule has 8 nitrogen and oxygen atoms in total. The first-order valence-corrected chi connectivity index (χ1v) is 11.3. The first kappa shape index (κ1) is 24.1. The monoisotopic (exact) mass is 451 g/mol. The number of anilines is 1. The summed E-state index contributed by atoms with van der Waals surface area (Å²) in [5, 5.41) is 5.65. The Hall–Kier alpha value is -3.55. The van der Waals surface area contributed by atoms with Gasteiger partial charge in [0.15, 0.2) is 6.54 Å². The summed E-state index contributed by atoms with van der Waals surface area (Å²) in [4.78, 5) is 51.9. The zero-order valence-electron chi connectivity index (χ0n) is 19.3. The molecule has 0 saturated carbocycles. The molecule has 0 radical (unpaired) electrons. The smallest absolute Gasteiger partial charge is 0.354 e. The second-order valence-electron chi connectivity index (χ2n) is 8.60. The van der Waals surface area contributed by atoms with Gasteiger partial charge in [0, 0.05) is 18.2 Å². The van der Waals surface area contributed by atoms with Crippen LogP contribution in [0.3, 0.4) is 0 Å². The van der Waals surface area contributed by atoms with Crippen LogP contribution in [0.15, 0.2) is 48.6 Å². The van der Waals surface area contributed by atoms with Crippen LogP contribution in [-0.4, -0.2) is 58.1 Å². The quantitative estimate of drug-likeness (QED) is 0.446. The average Bonchev–Trinajstić information content (AvgIpc) is 2.75. The summed E-state index contributed by atoms with van der Waals surface area (Å²) in [5.74, 6) is -1.31. The molecule has 5 amide bonds. The second kappa shape index (κ2) is 10.8. The fraction of sp³-hybridized carbons (Fsp3) is 0.400. The van der Waals surface area contributed by atoms with Crippen molar-refractivity contribution in [2.24, 2.45) is 5.92 Å². The van der Waals surface area contributed by atoms with E-state index in [1.165, 1.54) is 9.48 Å². The predicted octanol–water partition coefficient (Wildman–Crippen LogP) is 2.79. The van der Waals surface area contributed by atoms with Gasteiger partial charge in [0.05, 0.1) is 6.54 Å². The molecule has 1 aromatic rings. The van der Waals surface area contributed by atoms with Crippen LogP contribution < -0.4 is 10.6 Å². The van der Waals surface area contributed by atoms with Gasteiger partial charge in [0.2, 0.25) is 5.91 Å². The van der Waals surface area contributed by atoms with Crippen molar-refractivity contribution in [2.45, 2.75) is 46.1 Å². The number of amides is 5. The topological polar surface area (TPSA) is 98.6 Å². The van der Waals surface area contributed by atoms with Gasteiger partial charge < -0.3 is 10.6 Å². The molecule has 1 unspecified atom stereocenters. The number of hydrogen-bond donors (Lipinski definition) is 2. The number of benzene rings is 1. The second-order valence-corrected chi connectivity index (χ2v) is 8.60. The molecule has 2 N–H and O–H groups in total. The molecule has 1 heterocycles. The van der Waals surface area contributed by atoms with Gasteiger partial charge in [-0.2, -0.15) is 14.3 Å². The van der Waals surface area contributed by atoms with Crippen molar-refractivity contribution in [1.29, 1.82) is 0 Å². The highest BCUT2D eigenvalue weighted by Gasteiger charge is 2.46. The molecule has 0 aromatic heterocycles. The van der Waals surface area contributed by atoms with Gasteiger partial charge >= 0.3 is 11.9 Å². The van der Waals surface area contributed by atoms with Crippen molar-refractivity contribution in [3.8, 4) is 0 Å². The molecular weight excluding hydrogens is 420 g/mol. The van der Waals surface area contributed by atoms with Crippen LogP contribution in [-0.2, 0) is 14.4 Å². The van der Waals surface area contributed by atoms with Crippen molar-refractivity contribution >= 4 is 35.2 Å². The lowest BCUT2D eigenvalue weighted by Gasteiger charge is -2.26. The van der Waals surface area contributed by atoms with Crippen molar-refractivity contribution in [2.75, 3.05) is 18.4 Å². The summed E-state index contributed by atoms with van der Waals surface area (Å²) in [6.45, 7) is 5.72. The van der Waals surface area contributed by atoms with E-state index in [1.807, 2.05) is 39.0 Å². The Morgan fingerprint density at radius 2 is 1.91 bits per heavy atom. The Labute approximate surface area is 194 Å². The molecule has 174 valence electrons. The molecule has 33 heavy (non-hydrogen) atoms. The third-order valence-corrected chi connectivity index (χ3v) is 5.39. The Bertz CT molecular complexity index is 1040. The normalized spacial score (nSPS) is 17.5. The van der Waals surface area contributed by atoms with Crippen molar-refractivity contribution in [3.05, 3.63) is 54.1 Å². The predicted molar refractivity (Wildman–Crippen MR) is 126 cm³/mol. The zero-order chi connectivity index (χ0) is 24.0. The number of unbranched alkanes of at least 4 members (excludes halogenated alkanes) is 1. The maximum absolute atomic E-state index is 13.2. The Balaban J connectivity index is 1.69. The number of imide groups is 1. The largest absolute Gasteiger partial charge is 0.501 e. The highest BCUT2D eigenvalue weighted by molar-refractivity contribution is 6.17. The summed E-state index contributed by atoms with van der Waals surface area (Å²) >= 11 is 0. The van der Waals surface area contributed by atoms with Crippen LogP contribution >= 0.6 is 0 Å². The minimum Gasteiger partial charge on any atom is -0.354 e. The first-order chi connectivity index (χ1) is 15.8. The van der Waals surface area contributed by atoms with E-state index in [0.29, 0.717) is 30.7 Å². The van der Waals surface area contributed by atoms with E-state index in [-0.39, 0.29) is 36.9 Å². The third kappa shape index (κ3) is 6.25. The van der Waals surface area contributed by atoms with Crippen LogP contribution in [0.25, 0.3) is 0 Å². The van der Waals surface area contributed by atoms with E-state index >= 15 is 0 Å². The maximum Gasteiger partial charge on any atom is 0.501 e. The number of fused-ring (bicyclic) bond motifs is 1. The number of aryl methyl sites for hydroxylation is 1. The van der Waals surface area contributed by atoms with E-state index in [0.717, 1.165) is 5.56 Å². The Kier molecular flexibility index (Phi) is 7.92. The highest BCUT2D eigenvalue weighted by atomic mass is 16.2. The van der Waals surface area contributed by atoms with Crippen molar-refractivity contribution in [1.82, 2.24) is 10.2 Å². The van der Waals surface area contributed by atoms with Gasteiger partial charge in [-0.15, -0.1) is 0 Å². The number of carbonyl (C=O) groups is 4. The van der Waals surface area contributed by atoms with E-state index in [1.54, 1.807) is 30.4 Å². The maximum atomic E-state index is 13.2. The lowest BCUT2D eigenvalue weighted by atomic mass is 9.94. The number of rotatable bonds is 9. The minimum absolute atomic E-state index is 0.0493. The Morgan fingerprint density at radius 3 is 2.64 bits per heavy atom. The van der Waals surface area contributed by atoms with Gasteiger partial charge in [-0.05, 0) is 57.4 Å².